The van der Waals surface area contributed by atoms with Gasteiger partial charge in [-0.2, -0.15) is 5.10 Å². The van der Waals surface area contributed by atoms with Crippen molar-refractivity contribution < 1.29 is 17.6 Å². The number of amides is 1. The third-order valence-electron chi connectivity index (χ3n) is 5.56. The van der Waals surface area contributed by atoms with Gasteiger partial charge in [-0.3, -0.25) is 4.79 Å². The van der Waals surface area contributed by atoms with Gasteiger partial charge in [0.25, 0.3) is 0 Å². The molecule has 0 spiro atoms. The van der Waals surface area contributed by atoms with Crippen LogP contribution < -0.4 is 0 Å². The fourth-order valence-corrected chi connectivity index (χ4v) is 5.66. The summed E-state index contributed by atoms with van der Waals surface area (Å²) < 4.78 is 38.8. The van der Waals surface area contributed by atoms with Gasteiger partial charge in [-0.05, 0) is 55.8 Å². The molecule has 4 rings (SSSR count). The highest BCUT2D eigenvalue weighted by Crippen LogP contribution is 2.26. The van der Waals surface area contributed by atoms with E-state index < -0.39 is 9.84 Å². The van der Waals surface area contributed by atoms with Crippen LogP contribution in [0, 0.1) is 5.82 Å². The first-order valence-corrected chi connectivity index (χ1v) is 12.3. The van der Waals surface area contributed by atoms with Crippen molar-refractivity contribution in [1.82, 2.24) is 14.7 Å². The number of carbonyl (C=O) groups is 1. The molecule has 1 aliphatic rings. The van der Waals surface area contributed by atoms with E-state index in [4.69, 9.17) is 0 Å². The molecule has 0 unspecified atom stereocenters. The molecule has 1 aliphatic heterocycles. The number of hydrogen-bond donors (Lipinski definition) is 0. The predicted molar refractivity (Wildman–Crippen MR) is 122 cm³/mol. The lowest BCUT2D eigenvalue weighted by Crippen LogP contribution is -2.40. The number of para-hydroxylation sites is 1. The van der Waals surface area contributed by atoms with Crippen molar-refractivity contribution in [3.8, 4) is 16.9 Å². The van der Waals surface area contributed by atoms with E-state index in [2.05, 4.69) is 5.10 Å². The molecule has 1 saturated heterocycles. The predicted octanol–water partition coefficient (Wildman–Crippen LogP) is 3.73. The Morgan fingerprint density at radius 3 is 2.53 bits per heavy atom. The van der Waals surface area contributed by atoms with Crippen LogP contribution in [0.4, 0.5) is 4.39 Å². The maximum absolute atomic E-state index is 13.4. The zero-order chi connectivity index (χ0) is 22.7. The van der Waals surface area contributed by atoms with E-state index in [0.29, 0.717) is 24.2 Å². The number of carbonyl (C=O) groups excluding carboxylic acids is 1. The Bertz CT molecular complexity index is 1240. The summed E-state index contributed by atoms with van der Waals surface area (Å²) in [5, 5.41) is 4.66. The van der Waals surface area contributed by atoms with Crippen molar-refractivity contribution >= 4 is 21.8 Å². The molecule has 166 valence electrons. The van der Waals surface area contributed by atoms with Crippen molar-refractivity contribution in [3.63, 3.8) is 0 Å². The summed E-state index contributed by atoms with van der Waals surface area (Å²) >= 11 is 0. The number of nitrogens with zero attached hydrogens (tertiary/aromatic N) is 3. The molecule has 1 aromatic heterocycles. The minimum absolute atomic E-state index is 0.00713. The number of sulfone groups is 1. The molecular weight excluding hydrogens is 429 g/mol. The number of likely N-dealkylation sites (N-methyl/N-ethyl adjacent to an activating group) is 1. The minimum atomic E-state index is -3.09. The van der Waals surface area contributed by atoms with Crippen LogP contribution in [-0.2, 0) is 14.6 Å². The van der Waals surface area contributed by atoms with Crippen LogP contribution in [0.15, 0.2) is 66.9 Å². The third-order valence-corrected chi connectivity index (χ3v) is 7.31. The monoisotopic (exact) mass is 453 g/mol. The topological polar surface area (TPSA) is 72.3 Å². The first kappa shape index (κ1) is 22.0. The van der Waals surface area contributed by atoms with Gasteiger partial charge in [0, 0.05) is 36.0 Å². The van der Waals surface area contributed by atoms with E-state index in [1.165, 1.54) is 18.2 Å². The Labute approximate surface area is 186 Å². The quantitative estimate of drug-likeness (QED) is 0.533. The molecular formula is C24H24FN3O3S. The summed E-state index contributed by atoms with van der Waals surface area (Å²) in [7, 11) is -3.09. The molecule has 0 saturated carbocycles. The molecule has 32 heavy (non-hydrogen) atoms. The van der Waals surface area contributed by atoms with Gasteiger partial charge < -0.3 is 4.90 Å². The minimum Gasteiger partial charge on any atom is -0.335 e. The lowest BCUT2D eigenvalue weighted by molar-refractivity contribution is -0.127. The van der Waals surface area contributed by atoms with Gasteiger partial charge in [-0.25, -0.2) is 17.5 Å². The SMILES string of the molecule is CCN(C(=O)/C=C/c1cn(-c2ccccc2)nc1-c1ccc(F)cc1)[C@H]1CCS(=O)(=O)C1. The van der Waals surface area contributed by atoms with Crippen molar-refractivity contribution in [1.29, 1.82) is 0 Å². The van der Waals surface area contributed by atoms with Crippen LogP contribution in [0.3, 0.4) is 0 Å². The van der Waals surface area contributed by atoms with Crippen LogP contribution in [-0.4, -0.2) is 53.1 Å². The summed E-state index contributed by atoms with van der Waals surface area (Å²) in [6.07, 6.45) is 5.41. The fourth-order valence-electron chi connectivity index (χ4n) is 3.93. The van der Waals surface area contributed by atoms with E-state index >= 15 is 0 Å². The second-order valence-electron chi connectivity index (χ2n) is 7.73. The first-order valence-electron chi connectivity index (χ1n) is 10.5. The van der Waals surface area contributed by atoms with Crippen LogP contribution in [0.2, 0.25) is 0 Å². The Morgan fingerprint density at radius 1 is 1.19 bits per heavy atom. The van der Waals surface area contributed by atoms with E-state index in [1.807, 2.05) is 43.5 Å². The molecule has 8 heteroatoms. The Kier molecular flexibility index (Phi) is 6.23. The van der Waals surface area contributed by atoms with Crippen LogP contribution in [0.1, 0.15) is 18.9 Å². The lowest BCUT2D eigenvalue weighted by atomic mass is 10.1. The average molecular weight is 454 g/mol. The van der Waals surface area contributed by atoms with Crippen LogP contribution in [0.5, 0.6) is 0 Å². The maximum Gasteiger partial charge on any atom is 0.246 e. The zero-order valence-electron chi connectivity index (χ0n) is 17.7. The third kappa shape index (κ3) is 4.80. The van der Waals surface area contributed by atoms with Gasteiger partial charge in [0.2, 0.25) is 5.91 Å². The molecule has 1 fully saturated rings. The number of halogens is 1. The van der Waals surface area contributed by atoms with E-state index in [0.717, 1.165) is 11.3 Å². The molecule has 3 aromatic rings. The number of aromatic nitrogens is 2. The largest absolute Gasteiger partial charge is 0.335 e. The van der Waals surface area contributed by atoms with Crippen LogP contribution >= 0.6 is 0 Å². The molecule has 6 nitrogen and oxygen atoms in total. The van der Waals surface area contributed by atoms with Gasteiger partial charge in [0.15, 0.2) is 9.84 Å². The van der Waals surface area contributed by atoms with Crippen molar-refractivity contribution in [3.05, 3.63) is 78.3 Å². The Morgan fingerprint density at radius 2 is 1.91 bits per heavy atom. The summed E-state index contributed by atoms with van der Waals surface area (Å²) in [6, 6.07) is 15.3. The highest BCUT2D eigenvalue weighted by molar-refractivity contribution is 7.91. The van der Waals surface area contributed by atoms with Gasteiger partial charge >= 0.3 is 0 Å². The average Bonchev–Trinajstić information content (AvgIpc) is 3.37. The summed E-state index contributed by atoms with van der Waals surface area (Å²) in [6.45, 7) is 2.27. The number of benzene rings is 2. The Hall–Kier alpha value is -3.26. The second kappa shape index (κ2) is 9.08. The molecule has 0 bridgehead atoms. The lowest BCUT2D eigenvalue weighted by Gasteiger charge is -2.25. The second-order valence-corrected chi connectivity index (χ2v) is 9.96. The standard InChI is InChI=1S/C24H24FN3O3S/c1-2-27(22-14-15-32(30,31)17-22)23(29)13-10-19-16-28(21-6-4-3-5-7-21)26-24(19)18-8-11-20(25)12-9-18/h3-13,16,22H,2,14-15,17H2,1H3/b13-10+/t22-/m0/s1. The fraction of sp³-hybridized carbons (Fsp3) is 0.250. The van der Waals surface area contributed by atoms with Crippen LogP contribution in [0.25, 0.3) is 23.0 Å². The smallest absolute Gasteiger partial charge is 0.246 e. The number of hydrogen-bond acceptors (Lipinski definition) is 4. The molecule has 2 heterocycles. The molecule has 0 radical (unpaired) electrons. The van der Waals surface area contributed by atoms with Gasteiger partial charge in [-0.15, -0.1) is 0 Å². The number of rotatable bonds is 6. The first-order chi connectivity index (χ1) is 15.4. The molecule has 2 aromatic carbocycles. The van der Waals surface area contributed by atoms with E-state index in [1.54, 1.807) is 27.8 Å². The molecule has 1 amide bonds. The normalized spacial score (nSPS) is 17.6. The summed E-state index contributed by atoms with van der Waals surface area (Å²) in [5.41, 5.74) is 2.89. The van der Waals surface area contributed by atoms with E-state index in [-0.39, 0.29) is 29.3 Å². The van der Waals surface area contributed by atoms with Gasteiger partial charge in [0.1, 0.15) is 5.82 Å². The van der Waals surface area contributed by atoms with E-state index in [9.17, 15) is 17.6 Å². The van der Waals surface area contributed by atoms with Crippen molar-refractivity contribution in [2.75, 3.05) is 18.1 Å². The summed E-state index contributed by atoms with van der Waals surface area (Å²) in [5.74, 6) is -0.461. The van der Waals surface area contributed by atoms with Crippen molar-refractivity contribution in [2.45, 2.75) is 19.4 Å². The molecule has 0 N–H and O–H groups in total. The maximum atomic E-state index is 13.4. The Balaban J connectivity index is 1.65. The molecule has 1 atom stereocenters. The van der Waals surface area contributed by atoms with Gasteiger partial charge in [0.05, 0.1) is 22.9 Å². The van der Waals surface area contributed by atoms with Gasteiger partial charge in [-0.1, -0.05) is 18.2 Å². The zero-order valence-corrected chi connectivity index (χ0v) is 18.5. The summed E-state index contributed by atoms with van der Waals surface area (Å²) in [4.78, 5) is 14.5. The van der Waals surface area contributed by atoms with Crippen molar-refractivity contribution in [2.24, 2.45) is 0 Å². The highest BCUT2D eigenvalue weighted by Gasteiger charge is 2.33. The molecule has 0 aliphatic carbocycles. The highest BCUT2D eigenvalue weighted by atomic mass is 32.2.